The van der Waals surface area contributed by atoms with Crippen LogP contribution in [0.5, 0.6) is 11.5 Å². The highest BCUT2D eigenvalue weighted by Crippen LogP contribution is 2.35. The number of hydrogen-bond donors (Lipinski definition) is 0. The fourth-order valence-electron chi connectivity index (χ4n) is 2.36. The van der Waals surface area contributed by atoms with Crippen molar-refractivity contribution in [2.24, 2.45) is 0 Å². The minimum Gasteiger partial charge on any atom is -0.490 e. The van der Waals surface area contributed by atoms with Crippen LogP contribution in [0.3, 0.4) is 0 Å². The summed E-state index contributed by atoms with van der Waals surface area (Å²) in [5, 5.41) is 0. The van der Waals surface area contributed by atoms with Crippen molar-refractivity contribution < 1.29 is 13.9 Å². The van der Waals surface area contributed by atoms with Gasteiger partial charge in [-0.3, -0.25) is 0 Å². The van der Waals surface area contributed by atoms with Gasteiger partial charge in [0.25, 0.3) is 0 Å². The van der Waals surface area contributed by atoms with Gasteiger partial charge in [0.05, 0.1) is 19.0 Å². The summed E-state index contributed by atoms with van der Waals surface area (Å²) in [5.41, 5.74) is 1.73. The van der Waals surface area contributed by atoms with Crippen molar-refractivity contribution in [3.05, 3.63) is 48.4 Å². The monoisotopic (exact) mass is 313 g/mol. The standard InChI is InChI=1S/C17H15NO3S/c1-2-5-14-13(4-1)18-17(21-14)11-22-12-6-7-15-16(10-12)20-9-3-8-19-15/h1-2,4-7,10H,3,8-9,11H2. The molecule has 0 bridgehead atoms. The Balaban J connectivity index is 1.50. The molecule has 0 atom stereocenters. The number of aromatic nitrogens is 1. The van der Waals surface area contributed by atoms with Crippen molar-refractivity contribution in [2.75, 3.05) is 13.2 Å². The third-order valence-electron chi connectivity index (χ3n) is 3.42. The van der Waals surface area contributed by atoms with Crippen molar-refractivity contribution in [1.82, 2.24) is 4.98 Å². The van der Waals surface area contributed by atoms with Crippen LogP contribution in [0.2, 0.25) is 0 Å². The molecule has 112 valence electrons. The summed E-state index contributed by atoms with van der Waals surface area (Å²) in [4.78, 5) is 5.60. The molecule has 0 fully saturated rings. The minimum atomic E-state index is 0.689. The number of hydrogen-bond acceptors (Lipinski definition) is 5. The van der Waals surface area contributed by atoms with Gasteiger partial charge < -0.3 is 13.9 Å². The second-order valence-electron chi connectivity index (χ2n) is 5.02. The summed E-state index contributed by atoms with van der Waals surface area (Å²) in [6.45, 7) is 1.41. The van der Waals surface area contributed by atoms with E-state index in [1.54, 1.807) is 11.8 Å². The zero-order valence-corrected chi connectivity index (χ0v) is 12.8. The van der Waals surface area contributed by atoms with Gasteiger partial charge in [0.15, 0.2) is 17.1 Å². The Kier molecular flexibility index (Phi) is 3.64. The van der Waals surface area contributed by atoms with Crippen molar-refractivity contribution in [1.29, 1.82) is 0 Å². The minimum absolute atomic E-state index is 0.689. The average molecular weight is 313 g/mol. The van der Waals surface area contributed by atoms with E-state index in [9.17, 15) is 0 Å². The molecule has 2 heterocycles. The molecule has 2 aromatic carbocycles. The SMILES string of the molecule is c1ccc2oc(CSc3ccc4c(c3)OCCCO4)nc2c1. The van der Waals surface area contributed by atoms with Crippen molar-refractivity contribution in [3.8, 4) is 11.5 Å². The summed E-state index contributed by atoms with van der Waals surface area (Å²) < 4.78 is 17.1. The molecule has 5 heteroatoms. The Labute approximate surface area is 132 Å². The van der Waals surface area contributed by atoms with Gasteiger partial charge in [-0.25, -0.2) is 4.98 Å². The Hall–Kier alpha value is -2.14. The van der Waals surface area contributed by atoms with Crippen molar-refractivity contribution >= 4 is 22.9 Å². The molecule has 4 rings (SSSR count). The van der Waals surface area contributed by atoms with E-state index in [1.165, 1.54) is 0 Å². The van der Waals surface area contributed by atoms with Gasteiger partial charge in [0.1, 0.15) is 5.52 Å². The first-order valence-electron chi connectivity index (χ1n) is 7.25. The number of rotatable bonds is 3. The molecule has 0 radical (unpaired) electrons. The number of ether oxygens (including phenoxy) is 2. The van der Waals surface area contributed by atoms with Crippen LogP contribution >= 0.6 is 11.8 Å². The maximum atomic E-state index is 5.73. The van der Waals surface area contributed by atoms with E-state index >= 15 is 0 Å². The van der Waals surface area contributed by atoms with Crippen LogP contribution in [0.15, 0.2) is 51.8 Å². The van der Waals surface area contributed by atoms with Crippen LogP contribution in [0.25, 0.3) is 11.1 Å². The maximum absolute atomic E-state index is 5.73. The van der Waals surface area contributed by atoms with Crippen LogP contribution in [0.4, 0.5) is 0 Å². The van der Waals surface area contributed by atoms with E-state index in [0.29, 0.717) is 19.0 Å². The van der Waals surface area contributed by atoms with Crippen LogP contribution < -0.4 is 9.47 Å². The van der Waals surface area contributed by atoms with Crippen molar-refractivity contribution in [2.45, 2.75) is 17.1 Å². The third-order valence-corrected chi connectivity index (χ3v) is 4.40. The molecule has 1 aliphatic rings. The van der Waals surface area contributed by atoms with E-state index in [-0.39, 0.29) is 0 Å². The van der Waals surface area contributed by atoms with Gasteiger partial charge in [-0.15, -0.1) is 11.8 Å². The van der Waals surface area contributed by atoms with Crippen LogP contribution in [0, 0.1) is 0 Å². The van der Waals surface area contributed by atoms with E-state index in [1.807, 2.05) is 42.5 Å². The first kappa shape index (κ1) is 13.5. The Bertz CT molecular complexity index is 766. The molecular formula is C17H15NO3S. The Morgan fingerprint density at radius 3 is 2.77 bits per heavy atom. The summed E-state index contributed by atoms with van der Waals surface area (Å²) in [6.07, 6.45) is 0.917. The molecule has 0 aliphatic carbocycles. The van der Waals surface area contributed by atoms with E-state index in [2.05, 4.69) is 4.98 Å². The molecule has 0 saturated carbocycles. The highest BCUT2D eigenvalue weighted by atomic mass is 32.2. The molecule has 0 amide bonds. The second kappa shape index (κ2) is 5.93. The first-order chi connectivity index (χ1) is 10.9. The van der Waals surface area contributed by atoms with E-state index in [4.69, 9.17) is 13.9 Å². The third kappa shape index (κ3) is 2.76. The lowest BCUT2D eigenvalue weighted by atomic mass is 10.3. The predicted octanol–water partition coefficient (Wildman–Crippen LogP) is 4.28. The molecule has 0 unspecified atom stereocenters. The number of benzene rings is 2. The van der Waals surface area contributed by atoms with Crippen LogP contribution in [-0.2, 0) is 5.75 Å². The normalized spacial score (nSPS) is 14.0. The molecule has 0 N–H and O–H groups in total. The maximum Gasteiger partial charge on any atom is 0.205 e. The van der Waals surface area contributed by atoms with E-state index < -0.39 is 0 Å². The smallest absolute Gasteiger partial charge is 0.205 e. The van der Waals surface area contributed by atoms with Gasteiger partial charge in [-0.2, -0.15) is 0 Å². The lowest BCUT2D eigenvalue weighted by Gasteiger charge is -2.08. The predicted molar refractivity (Wildman–Crippen MR) is 85.6 cm³/mol. The molecule has 4 nitrogen and oxygen atoms in total. The zero-order chi connectivity index (χ0) is 14.8. The largest absolute Gasteiger partial charge is 0.490 e. The molecular weight excluding hydrogens is 298 g/mol. The summed E-state index contributed by atoms with van der Waals surface area (Å²) in [5.74, 6) is 3.07. The molecule has 0 saturated heterocycles. The quantitative estimate of drug-likeness (QED) is 0.675. The highest BCUT2D eigenvalue weighted by molar-refractivity contribution is 7.98. The Morgan fingerprint density at radius 2 is 1.86 bits per heavy atom. The molecule has 1 aromatic heterocycles. The van der Waals surface area contributed by atoms with Gasteiger partial charge in [0, 0.05) is 11.3 Å². The average Bonchev–Trinajstić information content (AvgIpc) is 2.82. The van der Waals surface area contributed by atoms with Gasteiger partial charge >= 0.3 is 0 Å². The Morgan fingerprint density at radius 1 is 1.00 bits per heavy atom. The van der Waals surface area contributed by atoms with Crippen LogP contribution in [0.1, 0.15) is 12.3 Å². The summed E-state index contributed by atoms with van der Waals surface area (Å²) >= 11 is 1.68. The van der Waals surface area contributed by atoms with Crippen molar-refractivity contribution in [3.63, 3.8) is 0 Å². The second-order valence-corrected chi connectivity index (χ2v) is 6.07. The summed E-state index contributed by atoms with van der Waals surface area (Å²) in [7, 11) is 0. The highest BCUT2D eigenvalue weighted by Gasteiger charge is 2.12. The van der Waals surface area contributed by atoms with Gasteiger partial charge in [-0.05, 0) is 30.3 Å². The lowest BCUT2D eigenvalue weighted by molar-refractivity contribution is 0.297. The van der Waals surface area contributed by atoms with Gasteiger partial charge in [-0.1, -0.05) is 12.1 Å². The number of para-hydroxylation sites is 2. The molecule has 1 aliphatic heterocycles. The number of fused-ring (bicyclic) bond motifs is 2. The van der Waals surface area contributed by atoms with Crippen LogP contribution in [-0.4, -0.2) is 18.2 Å². The fourth-order valence-corrected chi connectivity index (χ4v) is 3.13. The number of nitrogens with zero attached hydrogens (tertiary/aromatic N) is 1. The molecule has 3 aromatic rings. The molecule has 22 heavy (non-hydrogen) atoms. The number of oxazole rings is 1. The number of thioether (sulfide) groups is 1. The molecule has 0 spiro atoms. The van der Waals surface area contributed by atoms with Gasteiger partial charge in [0.2, 0.25) is 5.89 Å². The lowest BCUT2D eigenvalue weighted by Crippen LogP contribution is -1.97. The zero-order valence-electron chi connectivity index (χ0n) is 12.0. The first-order valence-corrected chi connectivity index (χ1v) is 8.24. The fraction of sp³-hybridized carbons (Fsp3) is 0.235. The summed E-state index contributed by atoms with van der Waals surface area (Å²) in [6, 6.07) is 13.8. The topological polar surface area (TPSA) is 44.5 Å². The van der Waals surface area contributed by atoms with E-state index in [0.717, 1.165) is 39.8 Å².